The zero-order valence-corrected chi connectivity index (χ0v) is 12.3. The zero-order chi connectivity index (χ0) is 16.3. The minimum atomic E-state index is -0.820. The lowest BCUT2D eigenvalue weighted by molar-refractivity contribution is -0.136. The summed E-state index contributed by atoms with van der Waals surface area (Å²) in [7, 11) is 2.57. The van der Waals surface area contributed by atoms with E-state index in [4.69, 9.17) is 10.5 Å². The number of Topliss-reactive ketones (excluding diaryl/α,β-unsaturated/α-hetero) is 1. The molecule has 0 saturated heterocycles. The van der Waals surface area contributed by atoms with Gasteiger partial charge in [-0.2, -0.15) is 0 Å². The van der Waals surface area contributed by atoms with Crippen LogP contribution in [0.3, 0.4) is 0 Å². The van der Waals surface area contributed by atoms with E-state index in [0.29, 0.717) is 5.57 Å². The van der Waals surface area contributed by atoms with Crippen molar-refractivity contribution in [3.63, 3.8) is 0 Å². The lowest BCUT2D eigenvalue weighted by atomic mass is 10.2. The molecule has 0 atom stereocenters. The molecule has 0 aliphatic rings. The number of nitrogen functional groups attached to an aromatic ring is 1. The molecular formula is C13H17N3O5. The van der Waals surface area contributed by atoms with Gasteiger partial charge in [-0.05, 0) is 13.8 Å². The Morgan fingerprint density at radius 3 is 2.29 bits per heavy atom. The summed E-state index contributed by atoms with van der Waals surface area (Å²) in [5.74, 6) is -1.71. The average molecular weight is 295 g/mol. The van der Waals surface area contributed by atoms with E-state index in [0.717, 1.165) is 9.13 Å². The van der Waals surface area contributed by atoms with Crippen molar-refractivity contribution in [1.82, 2.24) is 9.13 Å². The van der Waals surface area contributed by atoms with E-state index in [1.807, 2.05) is 0 Å². The van der Waals surface area contributed by atoms with E-state index < -0.39 is 29.6 Å². The molecule has 0 amide bonds. The fourth-order valence-corrected chi connectivity index (χ4v) is 1.61. The van der Waals surface area contributed by atoms with Crippen LogP contribution in [-0.2, 0) is 23.6 Å². The third-order valence-electron chi connectivity index (χ3n) is 2.74. The van der Waals surface area contributed by atoms with Crippen LogP contribution in [0.1, 0.15) is 24.2 Å². The van der Waals surface area contributed by atoms with Gasteiger partial charge >= 0.3 is 11.7 Å². The number of rotatable bonds is 4. The molecule has 2 N–H and O–H groups in total. The van der Waals surface area contributed by atoms with Crippen molar-refractivity contribution in [2.45, 2.75) is 13.8 Å². The Hall–Kier alpha value is -2.64. The summed E-state index contributed by atoms with van der Waals surface area (Å²) in [6.45, 7) is 2.77. The van der Waals surface area contributed by atoms with Gasteiger partial charge in [-0.1, -0.05) is 5.57 Å². The van der Waals surface area contributed by atoms with Crippen LogP contribution in [0.4, 0.5) is 5.82 Å². The Balaban J connectivity index is 3.11. The maximum absolute atomic E-state index is 12.0. The number of hydrogen-bond donors (Lipinski definition) is 1. The van der Waals surface area contributed by atoms with E-state index in [1.165, 1.54) is 20.2 Å². The summed E-state index contributed by atoms with van der Waals surface area (Å²) in [6, 6.07) is 0. The number of ether oxygens (including phenoxy) is 1. The number of nitrogens with two attached hydrogens (primary N) is 1. The second-order valence-electron chi connectivity index (χ2n) is 4.72. The number of ketones is 1. The number of nitrogens with zero attached hydrogens (tertiary/aromatic N) is 2. The van der Waals surface area contributed by atoms with Gasteiger partial charge in [0.1, 0.15) is 11.4 Å². The average Bonchev–Trinajstić information content (AvgIpc) is 2.40. The van der Waals surface area contributed by atoms with Crippen LogP contribution >= 0.6 is 0 Å². The topological polar surface area (TPSA) is 113 Å². The van der Waals surface area contributed by atoms with Crippen LogP contribution in [0.15, 0.2) is 21.2 Å². The van der Waals surface area contributed by atoms with E-state index >= 15 is 0 Å². The van der Waals surface area contributed by atoms with Crippen LogP contribution in [0.5, 0.6) is 0 Å². The number of aromatic nitrogens is 2. The monoisotopic (exact) mass is 295 g/mol. The summed E-state index contributed by atoms with van der Waals surface area (Å²) in [5.41, 5.74) is 4.50. The molecule has 8 nitrogen and oxygen atoms in total. The Bertz CT molecular complexity index is 735. The predicted octanol–water partition coefficient (Wildman–Crippen LogP) is -0.642. The van der Waals surface area contributed by atoms with Crippen LogP contribution < -0.4 is 17.0 Å². The molecule has 1 rings (SSSR count). The highest BCUT2D eigenvalue weighted by molar-refractivity contribution is 6.01. The van der Waals surface area contributed by atoms with Crippen LogP contribution in [0.25, 0.3) is 0 Å². The number of carbonyl (C=O) groups excluding carboxylic acids is 2. The Kier molecular flexibility index (Phi) is 4.85. The van der Waals surface area contributed by atoms with Crippen molar-refractivity contribution in [3.05, 3.63) is 38.1 Å². The third-order valence-corrected chi connectivity index (χ3v) is 2.74. The molecule has 0 aliphatic heterocycles. The van der Waals surface area contributed by atoms with Gasteiger partial charge in [-0.25, -0.2) is 9.59 Å². The number of allylic oxidation sites excluding steroid dienone is 1. The van der Waals surface area contributed by atoms with Crippen LogP contribution in [0.2, 0.25) is 0 Å². The second-order valence-corrected chi connectivity index (χ2v) is 4.72. The van der Waals surface area contributed by atoms with Gasteiger partial charge < -0.3 is 10.5 Å². The summed E-state index contributed by atoms with van der Waals surface area (Å²) in [6.07, 6.45) is 1.22. The fraction of sp³-hybridized carbons (Fsp3) is 0.385. The Morgan fingerprint density at radius 1 is 1.19 bits per heavy atom. The molecular weight excluding hydrogens is 278 g/mol. The highest BCUT2D eigenvalue weighted by Crippen LogP contribution is 2.04. The normalized spacial score (nSPS) is 10.1. The number of esters is 1. The van der Waals surface area contributed by atoms with Crippen LogP contribution in [-0.4, -0.2) is 27.5 Å². The molecule has 114 valence electrons. The minimum absolute atomic E-state index is 0.258. The van der Waals surface area contributed by atoms with Crippen LogP contribution in [0, 0.1) is 0 Å². The standard InChI is InChI=1S/C13H17N3O5/c1-7(2)5-9(18)21-6-8(17)10-11(14)15(3)13(20)16(4)12(10)19/h5H,6,14H2,1-4H3. The minimum Gasteiger partial charge on any atom is -0.454 e. The first-order valence-electron chi connectivity index (χ1n) is 6.07. The summed E-state index contributed by atoms with van der Waals surface area (Å²) >= 11 is 0. The molecule has 1 aromatic rings. The van der Waals surface area contributed by atoms with Gasteiger partial charge in [0, 0.05) is 20.2 Å². The molecule has 0 radical (unpaired) electrons. The van der Waals surface area contributed by atoms with Gasteiger partial charge in [0.25, 0.3) is 5.56 Å². The maximum atomic E-state index is 12.0. The van der Waals surface area contributed by atoms with E-state index in [-0.39, 0.29) is 11.4 Å². The summed E-state index contributed by atoms with van der Waals surface area (Å²) in [5, 5.41) is 0. The van der Waals surface area contributed by atoms with E-state index in [1.54, 1.807) is 13.8 Å². The van der Waals surface area contributed by atoms with Gasteiger partial charge in [-0.3, -0.25) is 18.7 Å². The summed E-state index contributed by atoms with van der Waals surface area (Å²) in [4.78, 5) is 46.8. The third kappa shape index (κ3) is 3.47. The van der Waals surface area contributed by atoms with E-state index in [2.05, 4.69) is 0 Å². The van der Waals surface area contributed by atoms with Crippen molar-refractivity contribution < 1.29 is 14.3 Å². The lowest BCUT2D eigenvalue weighted by Crippen LogP contribution is -2.42. The number of hydrogen-bond acceptors (Lipinski definition) is 6. The molecule has 0 saturated carbocycles. The molecule has 1 heterocycles. The van der Waals surface area contributed by atoms with Crippen molar-refractivity contribution in [1.29, 1.82) is 0 Å². The Morgan fingerprint density at radius 2 is 1.76 bits per heavy atom. The molecule has 0 aliphatic carbocycles. The zero-order valence-electron chi connectivity index (χ0n) is 12.3. The number of carbonyl (C=O) groups is 2. The predicted molar refractivity (Wildman–Crippen MR) is 76.1 cm³/mol. The molecule has 0 unspecified atom stereocenters. The molecule has 0 bridgehead atoms. The molecule has 8 heteroatoms. The van der Waals surface area contributed by atoms with Gasteiger partial charge in [-0.15, -0.1) is 0 Å². The Labute approximate surface area is 120 Å². The summed E-state index contributed by atoms with van der Waals surface area (Å²) < 4.78 is 6.48. The largest absolute Gasteiger partial charge is 0.454 e. The maximum Gasteiger partial charge on any atom is 0.332 e. The van der Waals surface area contributed by atoms with Crippen molar-refractivity contribution in [3.8, 4) is 0 Å². The van der Waals surface area contributed by atoms with Crippen molar-refractivity contribution in [2.24, 2.45) is 14.1 Å². The first-order valence-corrected chi connectivity index (χ1v) is 6.07. The first kappa shape index (κ1) is 16.4. The fourth-order valence-electron chi connectivity index (χ4n) is 1.61. The SMILES string of the molecule is CC(C)=CC(=O)OCC(=O)c1c(N)n(C)c(=O)n(C)c1=O. The smallest absolute Gasteiger partial charge is 0.332 e. The van der Waals surface area contributed by atoms with Crippen molar-refractivity contribution in [2.75, 3.05) is 12.3 Å². The molecule has 1 aromatic heterocycles. The lowest BCUT2D eigenvalue weighted by Gasteiger charge is -2.10. The quantitative estimate of drug-likeness (QED) is 0.449. The van der Waals surface area contributed by atoms with Gasteiger partial charge in [0.15, 0.2) is 6.61 Å². The highest BCUT2D eigenvalue weighted by Gasteiger charge is 2.21. The van der Waals surface area contributed by atoms with Crippen molar-refractivity contribution >= 4 is 17.6 Å². The first-order chi connectivity index (χ1) is 9.66. The molecule has 0 spiro atoms. The van der Waals surface area contributed by atoms with Gasteiger partial charge in [0.2, 0.25) is 5.78 Å². The second kappa shape index (κ2) is 6.21. The highest BCUT2D eigenvalue weighted by atomic mass is 16.5. The molecule has 0 fully saturated rings. The molecule has 0 aromatic carbocycles. The van der Waals surface area contributed by atoms with Gasteiger partial charge in [0.05, 0.1) is 0 Å². The number of anilines is 1. The molecule has 21 heavy (non-hydrogen) atoms. The van der Waals surface area contributed by atoms with E-state index in [9.17, 15) is 19.2 Å².